The summed E-state index contributed by atoms with van der Waals surface area (Å²) in [4.78, 5) is 25.5. The van der Waals surface area contributed by atoms with Crippen LogP contribution in [-0.2, 0) is 23.1 Å². The van der Waals surface area contributed by atoms with Crippen molar-refractivity contribution in [2.45, 2.75) is 51.5 Å². The first kappa shape index (κ1) is 18.8. The van der Waals surface area contributed by atoms with E-state index in [0.717, 1.165) is 81.1 Å². The van der Waals surface area contributed by atoms with E-state index in [1.807, 2.05) is 13.8 Å². The van der Waals surface area contributed by atoms with Crippen molar-refractivity contribution in [1.82, 2.24) is 20.0 Å². The van der Waals surface area contributed by atoms with Crippen LogP contribution < -0.4 is 10.5 Å². The summed E-state index contributed by atoms with van der Waals surface area (Å²) >= 11 is 0. The van der Waals surface area contributed by atoms with E-state index in [-0.39, 0.29) is 11.0 Å². The van der Waals surface area contributed by atoms with Crippen molar-refractivity contribution < 1.29 is 9.26 Å². The van der Waals surface area contributed by atoms with Crippen molar-refractivity contribution in [2.24, 2.45) is 0 Å². The Balaban J connectivity index is 1.44. The highest BCUT2D eigenvalue weighted by Crippen LogP contribution is 2.43. The van der Waals surface area contributed by atoms with Crippen LogP contribution in [0.1, 0.15) is 47.5 Å². The van der Waals surface area contributed by atoms with Crippen LogP contribution >= 0.6 is 0 Å². The number of aromatic amines is 1. The maximum Gasteiger partial charge on any atom is 0.255 e. The van der Waals surface area contributed by atoms with Crippen LogP contribution in [0.5, 0.6) is 0 Å². The Kier molecular flexibility index (Phi) is 4.70. The summed E-state index contributed by atoms with van der Waals surface area (Å²) in [5.41, 5.74) is 4.09. The minimum atomic E-state index is -0.0259. The maximum absolute atomic E-state index is 12.8. The number of H-pyrrole nitrogens is 1. The molecule has 0 amide bonds. The van der Waals surface area contributed by atoms with Crippen molar-refractivity contribution >= 4 is 5.95 Å². The van der Waals surface area contributed by atoms with Crippen molar-refractivity contribution in [3.05, 3.63) is 38.6 Å². The Labute approximate surface area is 170 Å². The number of aryl methyl sites for hydroxylation is 2. The van der Waals surface area contributed by atoms with Gasteiger partial charge in [0.15, 0.2) is 0 Å². The molecule has 2 aromatic rings. The van der Waals surface area contributed by atoms with E-state index in [0.29, 0.717) is 19.2 Å². The number of ether oxygens (including phenoxy) is 1. The number of nitrogens with one attached hydrogen (secondary N) is 1. The Morgan fingerprint density at radius 2 is 2.00 bits per heavy atom. The van der Waals surface area contributed by atoms with Gasteiger partial charge in [-0.15, -0.1) is 0 Å². The first-order valence-electron chi connectivity index (χ1n) is 10.7. The molecule has 29 heavy (non-hydrogen) atoms. The number of hydrogen-bond acceptors (Lipinski definition) is 7. The molecule has 8 heteroatoms. The summed E-state index contributed by atoms with van der Waals surface area (Å²) < 4.78 is 10.8. The number of fused-ring (bicyclic) bond motifs is 2. The summed E-state index contributed by atoms with van der Waals surface area (Å²) in [6, 6.07) is 0. The number of piperidine rings is 1. The standard InChI is InChI=1S/C21H29N5O3/c1-14-17(15(2)29-24-14)12-25-7-3-5-21(13-25)6-4-16-18(21)22-20(23-19(16)27)26-8-10-28-11-9-26/h3-13H2,1-2H3,(H,22,23,27). The number of nitrogens with zero attached hydrogens (tertiary/aromatic N) is 4. The predicted molar refractivity (Wildman–Crippen MR) is 108 cm³/mol. The topological polar surface area (TPSA) is 87.5 Å². The third-order valence-corrected chi connectivity index (χ3v) is 6.89. The second-order valence-electron chi connectivity index (χ2n) is 8.71. The lowest BCUT2D eigenvalue weighted by Crippen LogP contribution is -2.46. The number of aromatic nitrogens is 3. The minimum absolute atomic E-state index is 0.0259. The van der Waals surface area contributed by atoms with Gasteiger partial charge in [-0.3, -0.25) is 14.7 Å². The summed E-state index contributed by atoms with van der Waals surface area (Å²) in [6.07, 6.45) is 4.03. The molecule has 0 saturated carbocycles. The molecule has 2 fully saturated rings. The molecule has 1 atom stereocenters. The second-order valence-corrected chi connectivity index (χ2v) is 8.71. The highest BCUT2D eigenvalue weighted by molar-refractivity contribution is 5.40. The van der Waals surface area contributed by atoms with Gasteiger partial charge in [0.2, 0.25) is 5.95 Å². The molecule has 0 bridgehead atoms. The molecule has 1 spiro atoms. The number of rotatable bonds is 3. The lowest BCUT2D eigenvalue weighted by atomic mass is 9.77. The second kappa shape index (κ2) is 7.25. The smallest absolute Gasteiger partial charge is 0.255 e. The molecule has 0 radical (unpaired) electrons. The Bertz CT molecular complexity index is 942. The molecule has 8 nitrogen and oxygen atoms in total. The molecule has 3 aliphatic rings. The Morgan fingerprint density at radius 3 is 2.76 bits per heavy atom. The van der Waals surface area contributed by atoms with Crippen LogP contribution in [0.2, 0.25) is 0 Å². The monoisotopic (exact) mass is 399 g/mol. The Hall–Kier alpha value is -2.19. The van der Waals surface area contributed by atoms with Crippen LogP contribution in [0.4, 0.5) is 5.95 Å². The summed E-state index contributed by atoms with van der Waals surface area (Å²) in [5.74, 6) is 1.61. The molecule has 1 aliphatic carbocycles. The van der Waals surface area contributed by atoms with Crippen LogP contribution in [0.25, 0.3) is 0 Å². The van der Waals surface area contributed by atoms with Gasteiger partial charge in [-0.05, 0) is 46.1 Å². The minimum Gasteiger partial charge on any atom is -0.378 e. The molecule has 1 N–H and O–H groups in total. The number of hydrogen-bond donors (Lipinski definition) is 1. The average molecular weight is 399 g/mol. The molecule has 1 unspecified atom stereocenters. The first-order valence-corrected chi connectivity index (χ1v) is 10.7. The lowest BCUT2D eigenvalue weighted by Gasteiger charge is -2.40. The lowest BCUT2D eigenvalue weighted by molar-refractivity contribution is 0.121. The fourth-order valence-corrected chi connectivity index (χ4v) is 5.27. The van der Waals surface area contributed by atoms with E-state index in [4.69, 9.17) is 14.2 Å². The zero-order valence-corrected chi connectivity index (χ0v) is 17.3. The molecule has 2 aliphatic heterocycles. The molecule has 2 saturated heterocycles. The Morgan fingerprint density at radius 1 is 1.17 bits per heavy atom. The van der Waals surface area contributed by atoms with Gasteiger partial charge in [-0.1, -0.05) is 5.16 Å². The molecule has 156 valence electrons. The van der Waals surface area contributed by atoms with Gasteiger partial charge in [0.1, 0.15) is 5.76 Å². The van der Waals surface area contributed by atoms with Gasteiger partial charge in [0.05, 0.1) is 24.6 Å². The molecule has 5 rings (SSSR count). The molecular weight excluding hydrogens is 370 g/mol. The maximum atomic E-state index is 12.8. The number of likely N-dealkylation sites (tertiary alicyclic amines) is 1. The highest BCUT2D eigenvalue weighted by atomic mass is 16.5. The first-order chi connectivity index (χ1) is 14.1. The van der Waals surface area contributed by atoms with Crippen molar-refractivity contribution in [3.8, 4) is 0 Å². The number of morpholine rings is 1. The molecule has 2 aromatic heterocycles. The third kappa shape index (κ3) is 3.28. The summed E-state index contributed by atoms with van der Waals surface area (Å²) in [5, 5.41) is 4.11. The van der Waals surface area contributed by atoms with Crippen LogP contribution in [-0.4, -0.2) is 59.4 Å². The van der Waals surface area contributed by atoms with Gasteiger partial charge in [0, 0.05) is 42.7 Å². The summed E-state index contributed by atoms with van der Waals surface area (Å²) in [7, 11) is 0. The van der Waals surface area contributed by atoms with Gasteiger partial charge in [0.25, 0.3) is 5.56 Å². The SMILES string of the molecule is Cc1noc(C)c1CN1CCCC2(CCc3c2nc(N2CCOCC2)[nH]c3=O)C1. The van der Waals surface area contributed by atoms with E-state index in [1.54, 1.807) is 0 Å². The molecular formula is C21H29N5O3. The zero-order chi connectivity index (χ0) is 20.0. The van der Waals surface area contributed by atoms with E-state index in [2.05, 4.69) is 19.9 Å². The van der Waals surface area contributed by atoms with Gasteiger partial charge in [-0.2, -0.15) is 0 Å². The fourth-order valence-electron chi connectivity index (χ4n) is 5.27. The predicted octanol–water partition coefficient (Wildman–Crippen LogP) is 1.69. The van der Waals surface area contributed by atoms with E-state index >= 15 is 0 Å². The van der Waals surface area contributed by atoms with E-state index < -0.39 is 0 Å². The van der Waals surface area contributed by atoms with Crippen LogP contribution in [0.15, 0.2) is 9.32 Å². The van der Waals surface area contributed by atoms with Gasteiger partial charge < -0.3 is 14.2 Å². The largest absolute Gasteiger partial charge is 0.378 e. The molecule has 4 heterocycles. The highest BCUT2D eigenvalue weighted by Gasteiger charge is 2.45. The number of anilines is 1. The fraction of sp³-hybridized carbons (Fsp3) is 0.667. The summed E-state index contributed by atoms with van der Waals surface area (Å²) in [6.45, 7) is 9.72. The average Bonchev–Trinajstić information content (AvgIpc) is 3.24. The van der Waals surface area contributed by atoms with E-state index in [1.165, 1.54) is 5.56 Å². The van der Waals surface area contributed by atoms with Crippen molar-refractivity contribution in [3.63, 3.8) is 0 Å². The van der Waals surface area contributed by atoms with Crippen molar-refractivity contribution in [2.75, 3.05) is 44.3 Å². The normalized spacial score (nSPS) is 25.0. The van der Waals surface area contributed by atoms with Crippen LogP contribution in [0, 0.1) is 13.8 Å². The van der Waals surface area contributed by atoms with Gasteiger partial charge in [-0.25, -0.2) is 4.98 Å². The molecule has 0 aromatic carbocycles. The van der Waals surface area contributed by atoms with Crippen molar-refractivity contribution in [1.29, 1.82) is 0 Å². The third-order valence-electron chi connectivity index (χ3n) is 6.89. The van der Waals surface area contributed by atoms with Gasteiger partial charge >= 0.3 is 0 Å². The van der Waals surface area contributed by atoms with Crippen LogP contribution in [0.3, 0.4) is 0 Å². The zero-order valence-electron chi connectivity index (χ0n) is 17.3. The quantitative estimate of drug-likeness (QED) is 0.840. The van der Waals surface area contributed by atoms with E-state index in [9.17, 15) is 4.79 Å².